The van der Waals surface area contributed by atoms with E-state index < -0.39 is 6.10 Å². The number of carbonyl (C=O) groups is 3. The summed E-state index contributed by atoms with van der Waals surface area (Å²) in [6, 6.07) is 0. The molecule has 0 amide bonds. The number of allylic oxidation sites excluding steroid dienone is 6. The van der Waals surface area contributed by atoms with Crippen molar-refractivity contribution in [1.82, 2.24) is 0 Å². The van der Waals surface area contributed by atoms with Gasteiger partial charge in [-0.05, 0) is 51.4 Å². The number of rotatable bonds is 45. The minimum atomic E-state index is -0.781. The Kier molecular flexibility index (Phi) is 45.4. The maximum Gasteiger partial charge on any atom is 0.306 e. The average Bonchev–Trinajstić information content (AvgIpc) is 3.22. The molecule has 0 aliphatic rings. The molecule has 6 nitrogen and oxygen atoms in total. The zero-order valence-electron chi connectivity index (χ0n) is 38.6. The van der Waals surface area contributed by atoms with Gasteiger partial charge < -0.3 is 14.2 Å². The summed E-state index contributed by atoms with van der Waals surface area (Å²) in [4.78, 5) is 37.9. The number of unbranched alkanes of at least 4 members (excludes halogenated alkanes) is 28. The van der Waals surface area contributed by atoms with E-state index in [1.165, 1.54) is 141 Å². The second-order valence-electron chi connectivity index (χ2n) is 16.7. The Balaban J connectivity index is 4.37. The van der Waals surface area contributed by atoms with Crippen molar-refractivity contribution >= 4 is 17.9 Å². The number of esters is 3. The van der Waals surface area contributed by atoms with Crippen LogP contribution in [-0.4, -0.2) is 37.2 Å². The van der Waals surface area contributed by atoms with Crippen molar-refractivity contribution in [1.29, 1.82) is 0 Å². The van der Waals surface area contributed by atoms with Crippen LogP contribution in [-0.2, 0) is 28.6 Å². The van der Waals surface area contributed by atoms with Crippen LogP contribution in [0.25, 0.3) is 0 Å². The van der Waals surface area contributed by atoms with E-state index in [9.17, 15) is 14.4 Å². The van der Waals surface area contributed by atoms with Crippen molar-refractivity contribution in [3.05, 3.63) is 36.5 Å². The lowest BCUT2D eigenvalue weighted by molar-refractivity contribution is -0.167. The fourth-order valence-electron chi connectivity index (χ4n) is 7.16. The summed E-state index contributed by atoms with van der Waals surface area (Å²) in [7, 11) is 0. The molecular formula is C52H94O6. The van der Waals surface area contributed by atoms with Crippen LogP contribution in [0.1, 0.15) is 258 Å². The van der Waals surface area contributed by atoms with Crippen LogP contribution in [0.3, 0.4) is 0 Å². The first-order chi connectivity index (χ1) is 28.5. The molecule has 0 radical (unpaired) electrons. The highest BCUT2D eigenvalue weighted by atomic mass is 16.6. The molecule has 0 aromatic rings. The molecule has 0 aromatic heterocycles. The Morgan fingerprint density at radius 3 is 1.05 bits per heavy atom. The molecule has 1 atom stereocenters. The van der Waals surface area contributed by atoms with E-state index in [1.54, 1.807) is 0 Å². The molecule has 0 heterocycles. The lowest BCUT2D eigenvalue weighted by atomic mass is 10.0. The van der Waals surface area contributed by atoms with E-state index in [0.29, 0.717) is 19.3 Å². The summed E-state index contributed by atoms with van der Waals surface area (Å²) >= 11 is 0. The fraction of sp³-hybridized carbons (Fsp3) is 0.827. The summed E-state index contributed by atoms with van der Waals surface area (Å²) < 4.78 is 16.7. The van der Waals surface area contributed by atoms with Crippen LogP contribution in [0.4, 0.5) is 0 Å². The summed E-state index contributed by atoms with van der Waals surface area (Å²) in [5, 5.41) is 0. The number of ether oxygens (including phenoxy) is 3. The van der Waals surface area contributed by atoms with Crippen molar-refractivity contribution in [2.45, 2.75) is 264 Å². The van der Waals surface area contributed by atoms with E-state index >= 15 is 0 Å². The molecule has 6 heteroatoms. The first-order valence-electron chi connectivity index (χ1n) is 25.0. The summed E-state index contributed by atoms with van der Waals surface area (Å²) in [5.74, 6) is -0.911. The summed E-state index contributed by atoms with van der Waals surface area (Å²) in [6.07, 6.45) is 54.2. The molecule has 0 bridgehead atoms. The third-order valence-corrected chi connectivity index (χ3v) is 10.9. The van der Waals surface area contributed by atoms with Crippen LogP contribution in [0.2, 0.25) is 0 Å². The van der Waals surface area contributed by atoms with Gasteiger partial charge in [-0.3, -0.25) is 14.4 Å². The molecular weight excluding hydrogens is 721 g/mol. The number of carbonyl (C=O) groups excluding carboxylic acids is 3. The average molecular weight is 815 g/mol. The molecule has 58 heavy (non-hydrogen) atoms. The van der Waals surface area contributed by atoms with Crippen molar-refractivity contribution in [3.8, 4) is 0 Å². The first kappa shape index (κ1) is 55.6. The Hall–Kier alpha value is -2.37. The normalized spacial score (nSPS) is 12.3. The van der Waals surface area contributed by atoms with Gasteiger partial charge in [0.15, 0.2) is 6.10 Å². The second-order valence-corrected chi connectivity index (χ2v) is 16.7. The van der Waals surface area contributed by atoms with Crippen LogP contribution < -0.4 is 0 Å². The zero-order valence-corrected chi connectivity index (χ0v) is 38.6. The van der Waals surface area contributed by atoms with E-state index in [-0.39, 0.29) is 31.1 Å². The largest absolute Gasteiger partial charge is 0.462 e. The van der Waals surface area contributed by atoms with Crippen LogP contribution >= 0.6 is 0 Å². The van der Waals surface area contributed by atoms with Gasteiger partial charge in [0, 0.05) is 19.3 Å². The molecule has 1 unspecified atom stereocenters. The topological polar surface area (TPSA) is 78.9 Å². The van der Waals surface area contributed by atoms with E-state index in [0.717, 1.165) is 77.0 Å². The lowest BCUT2D eigenvalue weighted by Gasteiger charge is -2.18. The number of hydrogen-bond donors (Lipinski definition) is 0. The van der Waals surface area contributed by atoms with Gasteiger partial charge in [0.05, 0.1) is 0 Å². The van der Waals surface area contributed by atoms with Gasteiger partial charge in [-0.2, -0.15) is 0 Å². The highest BCUT2D eigenvalue weighted by Crippen LogP contribution is 2.16. The molecule has 0 saturated heterocycles. The maximum absolute atomic E-state index is 12.8. The molecule has 0 fully saturated rings. The van der Waals surface area contributed by atoms with Gasteiger partial charge in [-0.25, -0.2) is 0 Å². The van der Waals surface area contributed by atoms with Gasteiger partial charge in [0.2, 0.25) is 0 Å². The Morgan fingerprint density at radius 2 is 0.672 bits per heavy atom. The molecule has 0 aromatic carbocycles. The molecule has 0 aliphatic heterocycles. The first-order valence-corrected chi connectivity index (χ1v) is 25.0. The van der Waals surface area contributed by atoms with Crippen LogP contribution in [0.15, 0.2) is 36.5 Å². The fourth-order valence-corrected chi connectivity index (χ4v) is 7.16. The Morgan fingerprint density at radius 1 is 0.362 bits per heavy atom. The van der Waals surface area contributed by atoms with Crippen molar-refractivity contribution in [2.75, 3.05) is 13.2 Å². The summed E-state index contributed by atoms with van der Waals surface area (Å²) in [6.45, 7) is 6.50. The Labute approximate surface area is 359 Å². The van der Waals surface area contributed by atoms with Gasteiger partial charge >= 0.3 is 17.9 Å². The van der Waals surface area contributed by atoms with Crippen molar-refractivity contribution < 1.29 is 28.6 Å². The molecule has 0 saturated carbocycles. The highest BCUT2D eigenvalue weighted by Gasteiger charge is 2.19. The molecule has 0 aliphatic carbocycles. The molecule has 338 valence electrons. The smallest absolute Gasteiger partial charge is 0.306 e. The molecule has 0 N–H and O–H groups in total. The lowest BCUT2D eigenvalue weighted by Crippen LogP contribution is -2.30. The standard InChI is InChI=1S/C52H94O6/c1-4-7-10-13-16-19-22-25-26-28-30-33-36-39-42-45-51(54)57-48-49(47-56-50(53)44-41-38-35-32-29-24-21-18-15-12-9-6-3)58-52(55)46-43-40-37-34-31-27-23-20-17-14-11-8-5-2/h9,12,18,21,29,32,49H,4-8,10-11,13-17,19-20,22-28,30-31,33-48H2,1-3H3/b12-9-,21-18-,32-29-. The highest BCUT2D eigenvalue weighted by molar-refractivity contribution is 5.71. The minimum Gasteiger partial charge on any atom is -0.462 e. The van der Waals surface area contributed by atoms with Gasteiger partial charge in [0.1, 0.15) is 13.2 Å². The van der Waals surface area contributed by atoms with Gasteiger partial charge in [-0.1, -0.05) is 224 Å². The molecule has 0 spiro atoms. The van der Waals surface area contributed by atoms with E-state index in [1.807, 2.05) is 0 Å². The third-order valence-electron chi connectivity index (χ3n) is 10.9. The van der Waals surface area contributed by atoms with E-state index in [2.05, 4.69) is 57.2 Å². The van der Waals surface area contributed by atoms with Crippen molar-refractivity contribution in [3.63, 3.8) is 0 Å². The predicted octanol–water partition coefficient (Wildman–Crippen LogP) is 16.1. The SMILES string of the molecule is CC/C=C\C/C=C\C/C=C\CCCCC(=O)OCC(COC(=O)CCCCCCCCCCCCCCCCC)OC(=O)CCCCCCCCCCCCCCC. The minimum absolute atomic E-state index is 0.0800. The number of hydrogen-bond acceptors (Lipinski definition) is 6. The van der Waals surface area contributed by atoms with Gasteiger partial charge in [0.25, 0.3) is 0 Å². The van der Waals surface area contributed by atoms with Crippen LogP contribution in [0, 0.1) is 0 Å². The predicted molar refractivity (Wildman–Crippen MR) is 247 cm³/mol. The van der Waals surface area contributed by atoms with Crippen LogP contribution in [0.5, 0.6) is 0 Å². The second kappa shape index (κ2) is 47.3. The summed E-state index contributed by atoms with van der Waals surface area (Å²) in [5.41, 5.74) is 0. The van der Waals surface area contributed by atoms with E-state index in [4.69, 9.17) is 14.2 Å². The quantitative estimate of drug-likeness (QED) is 0.0264. The molecule has 0 rings (SSSR count). The maximum atomic E-state index is 12.8. The van der Waals surface area contributed by atoms with Gasteiger partial charge in [-0.15, -0.1) is 0 Å². The Bertz CT molecular complexity index is 984. The van der Waals surface area contributed by atoms with Crippen molar-refractivity contribution in [2.24, 2.45) is 0 Å². The monoisotopic (exact) mass is 815 g/mol. The third kappa shape index (κ3) is 44.7. The zero-order chi connectivity index (χ0) is 42.3.